The van der Waals surface area contributed by atoms with Crippen molar-refractivity contribution in [1.82, 2.24) is 9.88 Å². The number of ketones is 1. The van der Waals surface area contributed by atoms with E-state index in [2.05, 4.69) is 5.32 Å². The van der Waals surface area contributed by atoms with Crippen molar-refractivity contribution < 1.29 is 28.3 Å². The Hall–Kier alpha value is -2.87. The average Bonchev–Trinajstić information content (AvgIpc) is 3.31. The first kappa shape index (κ1) is 22.4. The van der Waals surface area contributed by atoms with Crippen LogP contribution < -0.4 is 5.32 Å². The van der Waals surface area contributed by atoms with Crippen LogP contribution in [0.1, 0.15) is 46.1 Å². The molecule has 158 valence electrons. The molecule has 0 aliphatic carbocycles. The summed E-state index contributed by atoms with van der Waals surface area (Å²) in [7, 11) is 1.62. The lowest BCUT2D eigenvalue weighted by Gasteiger charge is -2.20. The highest BCUT2D eigenvalue weighted by molar-refractivity contribution is 6.00. The lowest BCUT2D eigenvalue weighted by molar-refractivity contribution is -0.145. The van der Waals surface area contributed by atoms with Crippen molar-refractivity contribution in [2.45, 2.75) is 40.3 Å². The standard InChI is InChI=1S/C21H28N2O6/c1-13(2)19(22-20(25)18-7-6-9-28-18)21(26)29-12-17(24)16-11-14(3)23(15(16)4)8-10-27-5/h6-7,9,11,13,19H,8,10,12H2,1-5H3,(H,22,25). The van der Waals surface area contributed by atoms with Crippen LogP contribution in [-0.4, -0.2) is 48.6 Å². The molecule has 1 N–H and O–H groups in total. The van der Waals surface area contributed by atoms with E-state index in [1.807, 2.05) is 18.4 Å². The van der Waals surface area contributed by atoms with Crippen molar-refractivity contribution in [3.63, 3.8) is 0 Å². The number of nitrogens with one attached hydrogen (secondary N) is 1. The second-order valence-electron chi connectivity index (χ2n) is 7.13. The zero-order chi connectivity index (χ0) is 21.6. The summed E-state index contributed by atoms with van der Waals surface area (Å²) in [5.41, 5.74) is 2.24. The Bertz CT molecular complexity index is 851. The zero-order valence-corrected chi connectivity index (χ0v) is 17.5. The number of nitrogens with zero attached hydrogens (tertiary/aromatic N) is 1. The Morgan fingerprint density at radius 2 is 1.97 bits per heavy atom. The molecule has 1 unspecified atom stereocenters. The van der Waals surface area contributed by atoms with Crippen LogP contribution in [0, 0.1) is 19.8 Å². The topological polar surface area (TPSA) is 99.8 Å². The first-order valence-corrected chi connectivity index (χ1v) is 9.46. The molecule has 8 nitrogen and oxygen atoms in total. The van der Waals surface area contributed by atoms with E-state index >= 15 is 0 Å². The van der Waals surface area contributed by atoms with Crippen molar-refractivity contribution in [1.29, 1.82) is 0 Å². The Morgan fingerprint density at radius 1 is 1.24 bits per heavy atom. The molecule has 0 spiro atoms. The third-order valence-electron chi connectivity index (χ3n) is 4.69. The minimum atomic E-state index is -0.894. The molecule has 2 heterocycles. The molecule has 2 aromatic heterocycles. The molecule has 1 atom stereocenters. The van der Waals surface area contributed by atoms with E-state index in [1.54, 1.807) is 33.1 Å². The number of esters is 1. The molecule has 0 fully saturated rings. The molecule has 8 heteroatoms. The predicted molar refractivity (Wildman–Crippen MR) is 106 cm³/mol. The van der Waals surface area contributed by atoms with Crippen molar-refractivity contribution in [2.24, 2.45) is 5.92 Å². The highest BCUT2D eigenvalue weighted by Gasteiger charge is 2.28. The van der Waals surface area contributed by atoms with Crippen LogP contribution in [0.2, 0.25) is 0 Å². The van der Waals surface area contributed by atoms with Gasteiger partial charge in [0.05, 0.1) is 12.9 Å². The molecular weight excluding hydrogens is 376 g/mol. The maximum absolute atomic E-state index is 12.6. The van der Waals surface area contributed by atoms with Crippen LogP contribution in [0.5, 0.6) is 0 Å². The molecule has 0 aliphatic rings. The van der Waals surface area contributed by atoms with Gasteiger partial charge in [-0.1, -0.05) is 13.8 Å². The number of methoxy groups -OCH3 is 1. The summed E-state index contributed by atoms with van der Waals surface area (Å²) < 4.78 is 17.3. The fourth-order valence-corrected chi connectivity index (χ4v) is 3.03. The molecule has 29 heavy (non-hydrogen) atoms. The van der Waals surface area contributed by atoms with Crippen LogP contribution >= 0.6 is 0 Å². The third-order valence-corrected chi connectivity index (χ3v) is 4.69. The van der Waals surface area contributed by atoms with Crippen molar-refractivity contribution in [3.05, 3.63) is 47.2 Å². The largest absolute Gasteiger partial charge is 0.459 e. The summed E-state index contributed by atoms with van der Waals surface area (Å²) in [6, 6.07) is 3.97. The minimum absolute atomic E-state index is 0.100. The third kappa shape index (κ3) is 5.57. The van der Waals surface area contributed by atoms with E-state index in [0.717, 1.165) is 11.4 Å². The van der Waals surface area contributed by atoms with Gasteiger partial charge in [-0.2, -0.15) is 0 Å². The van der Waals surface area contributed by atoms with Gasteiger partial charge in [0.1, 0.15) is 6.04 Å². The predicted octanol–water partition coefficient (Wildman–Crippen LogP) is 2.52. The number of carbonyl (C=O) groups is 3. The summed E-state index contributed by atoms with van der Waals surface area (Å²) in [4.78, 5) is 37.2. The zero-order valence-electron chi connectivity index (χ0n) is 17.5. The van der Waals surface area contributed by atoms with Gasteiger partial charge in [-0.15, -0.1) is 0 Å². The molecule has 0 radical (unpaired) electrons. The Morgan fingerprint density at radius 3 is 2.55 bits per heavy atom. The van der Waals surface area contributed by atoms with Crippen LogP contribution in [0.4, 0.5) is 0 Å². The number of rotatable bonds is 10. The average molecular weight is 404 g/mol. The van der Waals surface area contributed by atoms with Gasteiger partial charge >= 0.3 is 5.97 Å². The molecule has 0 aliphatic heterocycles. The van der Waals surface area contributed by atoms with Crippen molar-refractivity contribution in [2.75, 3.05) is 20.3 Å². The van der Waals surface area contributed by atoms with Crippen LogP contribution in [0.25, 0.3) is 0 Å². The highest BCUT2D eigenvalue weighted by atomic mass is 16.5. The van der Waals surface area contributed by atoms with Gasteiger partial charge in [0.25, 0.3) is 5.91 Å². The van der Waals surface area contributed by atoms with Gasteiger partial charge in [0, 0.05) is 30.6 Å². The normalized spacial score (nSPS) is 12.1. The van der Waals surface area contributed by atoms with Crippen LogP contribution in [-0.2, 0) is 20.8 Å². The first-order valence-electron chi connectivity index (χ1n) is 9.46. The number of hydrogen-bond donors (Lipinski definition) is 1. The first-order chi connectivity index (χ1) is 13.8. The molecule has 0 aromatic carbocycles. The SMILES string of the molecule is COCCn1c(C)cc(C(=O)COC(=O)C(NC(=O)c2ccco2)C(C)C)c1C. The molecule has 0 bridgehead atoms. The van der Waals surface area contributed by atoms with E-state index < -0.39 is 24.5 Å². The summed E-state index contributed by atoms with van der Waals surface area (Å²) in [5.74, 6) is -1.60. The number of ether oxygens (including phenoxy) is 2. The van der Waals surface area contributed by atoms with Crippen molar-refractivity contribution >= 4 is 17.7 Å². The Balaban J connectivity index is 2.00. The quantitative estimate of drug-likeness (QED) is 0.482. The maximum Gasteiger partial charge on any atom is 0.329 e. The number of Topliss-reactive ketones (excluding diaryl/α,β-unsaturated/α-hetero) is 1. The van der Waals surface area contributed by atoms with Gasteiger partial charge in [-0.3, -0.25) is 9.59 Å². The fraction of sp³-hybridized carbons (Fsp3) is 0.476. The smallest absolute Gasteiger partial charge is 0.329 e. The van der Waals surface area contributed by atoms with E-state index in [0.29, 0.717) is 18.7 Å². The number of aromatic nitrogens is 1. The summed E-state index contributed by atoms with van der Waals surface area (Å²) in [6.45, 7) is 8.08. The van der Waals surface area contributed by atoms with Gasteiger partial charge in [0.15, 0.2) is 12.4 Å². The molecule has 1 amide bonds. The number of amides is 1. The molecular formula is C21H28N2O6. The monoisotopic (exact) mass is 404 g/mol. The van der Waals surface area contributed by atoms with Crippen LogP contribution in [0.3, 0.4) is 0 Å². The van der Waals surface area contributed by atoms with Gasteiger partial charge < -0.3 is 23.8 Å². The second kappa shape index (κ2) is 10.1. The number of hydrogen-bond acceptors (Lipinski definition) is 6. The highest BCUT2D eigenvalue weighted by Crippen LogP contribution is 2.16. The van der Waals surface area contributed by atoms with Gasteiger partial charge in [0.2, 0.25) is 5.78 Å². The maximum atomic E-state index is 12.6. The minimum Gasteiger partial charge on any atom is -0.459 e. The molecule has 2 rings (SSSR count). The molecule has 2 aromatic rings. The van der Waals surface area contributed by atoms with E-state index in [-0.39, 0.29) is 17.5 Å². The summed E-state index contributed by atoms with van der Waals surface area (Å²) in [5, 5.41) is 2.59. The Kier molecular flexibility index (Phi) is 7.78. The van der Waals surface area contributed by atoms with Gasteiger partial charge in [-0.25, -0.2) is 4.79 Å². The second-order valence-corrected chi connectivity index (χ2v) is 7.13. The van der Waals surface area contributed by atoms with E-state index in [9.17, 15) is 14.4 Å². The summed E-state index contributed by atoms with van der Waals surface area (Å²) >= 11 is 0. The van der Waals surface area contributed by atoms with E-state index in [4.69, 9.17) is 13.9 Å². The van der Waals surface area contributed by atoms with Crippen molar-refractivity contribution in [3.8, 4) is 0 Å². The number of furan rings is 1. The molecule has 0 saturated carbocycles. The van der Waals surface area contributed by atoms with E-state index in [1.165, 1.54) is 12.3 Å². The molecule has 0 saturated heterocycles. The lowest BCUT2D eigenvalue weighted by Crippen LogP contribution is -2.45. The summed E-state index contributed by atoms with van der Waals surface area (Å²) in [6.07, 6.45) is 1.37. The number of carbonyl (C=O) groups excluding carboxylic acids is 3. The fourth-order valence-electron chi connectivity index (χ4n) is 3.03. The Labute approximate surface area is 170 Å². The number of aryl methyl sites for hydroxylation is 1. The van der Waals surface area contributed by atoms with Gasteiger partial charge in [-0.05, 0) is 38.0 Å². The van der Waals surface area contributed by atoms with Crippen LogP contribution in [0.15, 0.2) is 28.9 Å². The lowest BCUT2D eigenvalue weighted by atomic mass is 10.0.